The van der Waals surface area contributed by atoms with Crippen LogP contribution >= 0.6 is 0 Å². The molecular formula is C20H31F2N5O3. The average molecular weight is 427 g/mol. The molecule has 30 heavy (non-hydrogen) atoms. The number of halogens is 2. The summed E-state index contributed by atoms with van der Waals surface area (Å²) in [7, 11) is 3.35. The van der Waals surface area contributed by atoms with Crippen LogP contribution in [0.3, 0.4) is 0 Å². The molecule has 8 nitrogen and oxygen atoms in total. The van der Waals surface area contributed by atoms with Crippen molar-refractivity contribution in [3.05, 3.63) is 12.4 Å². The summed E-state index contributed by atoms with van der Waals surface area (Å²) in [5, 5.41) is 7.09. The predicted octanol–water partition coefficient (Wildman–Crippen LogP) is 2.14. The van der Waals surface area contributed by atoms with Crippen molar-refractivity contribution < 1.29 is 23.1 Å². The Balaban J connectivity index is 1.66. The Kier molecular flexibility index (Phi) is 7.07. The van der Waals surface area contributed by atoms with Crippen LogP contribution in [0.1, 0.15) is 45.1 Å². The lowest BCUT2D eigenvalue weighted by Crippen LogP contribution is -2.45. The van der Waals surface area contributed by atoms with Crippen molar-refractivity contribution in [2.24, 2.45) is 0 Å². The first-order chi connectivity index (χ1) is 14.1. The largest absolute Gasteiger partial charge is 0.370 e. The molecule has 1 N–H and O–H groups in total. The first kappa shape index (κ1) is 22.6. The summed E-state index contributed by atoms with van der Waals surface area (Å²) in [5.41, 5.74) is 0.627. The number of rotatable bonds is 7. The van der Waals surface area contributed by atoms with Gasteiger partial charge in [0.15, 0.2) is 0 Å². The molecule has 2 heterocycles. The Bertz CT molecular complexity index is 745. The normalized spacial score (nSPS) is 24.7. The zero-order valence-corrected chi connectivity index (χ0v) is 17.8. The molecule has 1 aliphatic carbocycles. The van der Waals surface area contributed by atoms with Crippen LogP contribution in [-0.2, 0) is 14.3 Å². The van der Waals surface area contributed by atoms with Crippen LogP contribution in [0, 0.1) is 0 Å². The molecule has 2 aliphatic rings. The summed E-state index contributed by atoms with van der Waals surface area (Å²) in [6.07, 6.45) is 4.83. The van der Waals surface area contributed by atoms with E-state index in [0.717, 1.165) is 6.42 Å². The molecule has 1 aliphatic heterocycles. The summed E-state index contributed by atoms with van der Waals surface area (Å²) in [5.74, 6) is -2.85. The van der Waals surface area contributed by atoms with E-state index in [4.69, 9.17) is 4.74 Å². The van der Waals surface area contributed by atoms with E-state index >= 15 is 0 Å². The zero-order valence-electron chi connectivity index (χ0n) is 17.8. The predicted molar refractivity (Wildman–Crippen MR) is 107 cm³/mol. The number of ether oxygens (including phenoxy) is 1. The highest BCUT2D eigenvalue weighted by molar-refractivity contribution is 5.88. The molecule has 1 saturated carbocycles. The number of likely N-dealkylation sites (tertiary alicyclic amines) is 1. The van der Waals surface area contributed by atoms with Gasteiger partial charge in [0.05, 0.1) is 24.5 Å². The first-order valence-corrected chi connectivity index (χ1v) is 10.4. The van der Waals surface area contributed by atoms with Gasteiger partial charge >= 0.3 is 0 Å². The van der Waals surface area contributed by atoms with Gasteiger partial charge in [0, 0.05) is 58.7 Å². The first-order valence-electron chi connectivity index (χ1n) is 10.4. The molecule has 2 fully saturated rings. The smallest absolute Gasteiger partial charge is 0.248 e. The maximum atomic E-state index is 13.6. The van der Waals surface area contributed by atoms with E-state index < -0.39 is 5.92 Å². The number of hydrogen-bond donors (Lipinski definition) is 1. The molecule has 1 aromatic rings. The molecule has 2 amide bonds. The number of amides is 2. The maximum absolute atomic E-state index is 13.6. The minimum atomic E-state index is -2.57. The van der Waals surface area contributed by atoms with E-state index in [9.17, 15) is 18.4 Å². The molecule has 168 valence electrons. The van der Waals surface area contributed by atoms with Gasteiger partial charge in [0.1, 0.15) is 6.61 Å². The van der Waals surface area contributed by atoms with E-state index in [1.165, 1.54) is 11.8 Å². The van der Waals surface area contributed by atoms with Crippen molar-refractivity contribution in [1.82, 2.24) is 19.6 Å². The Morgan fingerprint density at radius 1 is 1.30 bits per heavy atom. The average Bonchev–Trinajstić information content (AvgIpc) is 3.28. The van der Waals surface area contributed by atoms with Crippen LogP contribution in [-0.4, -0.2) is 83.3 Å². The van der Waals surface area contributed by atoms with Gasteiger partial charge in [0.25, 0.3) is 0 Å². The third-order valence-electron chi connectivity index (χ3n) is 5.92. The van der Waals surface area contributed by atoms with Gasteiger partial charge in [-0.3, -0.25) is 19.2 Å². The summed E-state index contributed by atoms with van der Waals surface area (Å²) in [4.78, 5) is 26.8. The lowest BCUT2D eigenvalue weighted by molar-refractivity contribution is -0.134. The zero-order chi connectivity index (χ0) is 21.9. The maximum Gasteiger partial charge on any atom is 0.248 e. The Labute approximate surface area is 175 Å². The van der Waals surface area contributed by atoms with Gasteiger partial charge in [-0.05, 0) is 19.3 Å². The lowest BCUT2D eigenvalue weighted by Gasteiger charge is -2.37. The van der Waals surface area contributed by atoms with Crippen molar-refractivity contribution in [3.63, 3.8) is 0 Å². The van der Waals surface area contributed by atoms with Gasteiger partial charge in [-0.15, -0.1) is 0 Å². The number of carbonyl (C=O) groups excluding carboxylic acids is 2. The minimum absolute atomic E-state index is 0.000800. The van der Waals surface area contributed by atoms with Gasteiger partial charge < -0.3 is 15.0 Å². The number of alkyl halides is 2. The molecule has 0 aromatic carbocycles. The van der Waals surface area contributed by atoms with Crippen molar-refractivity contribution in [1.29, 1.82) is 0 Å². The molecular weight excluding hydrogens is 396 g/mol. The highest BCUT2D eigenvalue weighted by Crippen LogP contribution is 2.39. The van der Waals surface area contributed by atoms with Crippen LogP contribution < -0.4 is 5.32 Å². The monoisotopic (exact) mass is 427 g/mol. The summed E-state index contributed by atoms with van der Waals surface area (Å²) < 4.78 is 34.8. The van der Waals surface area contributed by atoms with Crippen molar-refractivity contribution in [3.8, 4) is 0 Å². The standard InChI is InChI=1S/C20H31F2N5O3/c1-14(28)24-15-9-23-27(10-15)17-8-18(12-30-13-19(29)25(2)3)26(11-17)16-4-6-20(21,22)7-5-16/h9-10,16-18H,4-8,11-13H2,1-3H3,(H,24,28)/t17-,18-/m0/s1. The molecule has 2 atom stereocenters. The SMILES string of the molecule is CC(=O)Nc1cnn([C@H]2C[C@@H](COCC(=O)N(C)C)N(C3CCC(F)(F)CC3)C2)c1. The topological polar surface area (TPSA) is 79.7 Å². The second-order valence-electron chi connectivity index (χ2n) is 8.52. The summed E-state index contributed by atoms with van der Waals surface area (Å²) in [6, 6.07) is 0.140. The third kappa shape index (κ3) is 5.75. The highest BCUT2D eigenvalue weighted by atomic mass is 19.3. The molecule has 0 unspecified atom stereocenters. The van der Waals surface area contributed by atoms with E-state index in [1.807, 2.05) is 4.68 Å². The van der Waals surface area contributed by atoms with Crippen molar-refractivity contribution >= 4 is 17.5 Å². The fraction of sp³-hybridized carbons (Fsp3) is 0.750. The molecule has 0 bridgehead atoms. The number of hydrogen-bond acceptors (Lipinski definition) is 5. The molecule has 0 spiro atoms. The molecule has 1 aromatic heterocycles. The Hall–Kier alpha value is -2.07. The van der Waals surface area contributed by atoms with Crippen molar-refractivity contribution in [2.75, 3.05) is 39.2 Å². The van der Waals surface area contributed by atoms with Gasteiger partial charge in [-0.25, -0.2) is 8.78 Å². The van der Waals surface area contributed by atoms with E-state index in [-0.39, 0.29) is 49.4 Å². The fourth-order valence-electron chi connectivity index (χ4n) is 4.29. The molecule has 10 heteroatoms. The summed E-state index contributed by atoms with van der Waals surface area (Å²) in [6.45, 7) is 2.48. The Morgan fingerprint density at radius 2 is 2.00 bits per heavy atom. The van der Waals surface area contributed by atoms with Crippen LogP contribution in [0.5, 0.6) is 0 Å². The minimum Gasteiger partial charge on any atom is -0.370 e. The molecule has 0 radical (unpaired) electrons. The second kappa shape index (κ2) is 9.38. The number of carbonyl (C=O) groups is 2. The van der Waals surface area contributed by atoms with Crippen molar-refractivity contribution in [2.45, 2.75) is 63.1 Å². The van der Waals surface area contributed by atoms with E-state index in [0.29, 0.717) is 31.7 Å². The quantitative estimate of drug-likeness (QED) is 0.721. The fourth-order valence-corrected chi connectivity index (χ4v) is 4.29. The highest BCUT2D eigenvalue weighted by Gasteiger charge is 2.42. The lowest BCUT2D eigenvalue weighted by atomic mass is 9.91. The van der Waals surface area contributed by atoms with E-state index in [1.54, 1.807) is 26.5 Å². The number of likely N-dealkylation sites (N-methyl/N-ethyl adjacent to an activating group) is 1. The van der Waals surface area contributed by atoms with Gasteiger partial charge in [-0.2, -0.15) is 5.10 Å². The second-order valence-corrected chi connectivity index (χ2v) is 8.52. The van der Waals surface area contributed by atoms with E-state index in [2.05, 4.69) is 15.3 Å². The Morgan fingerprint density at radius 3 is 2.63 bits per heavy atom. The van der Waals surface area contributed by atoms with Gasteiger partial charge in [0.2, 0.25) is 17.7 Å². The number of nitrogens with zero attached hydrogens (tertiary/aromatic N) is 4. The van der Waals surface area contributed by atoms with Crippen LogP contribution in [0.15, 0.2) is 12.4 Å². The third-order valence-corrected chi connectivity index (χ3v) is 5.92. The number of nitrogens with one attached hydrogen (secondary N) is 1. The van der Waals surface area contributed by atoms with Crippen LogP contribution in [0.4, 0.5) is 14.5 Å². The van der Waals surface area contributed by atoms with Crippen LogP contribution in [0.25, 0.3) is 0 Å². The van der Waals surface area contributed by atoms with Crippen LogP contribution in [0.2, 0.25) is 0 Å². The molecule has 3 rings (SSSR count). The van der Waals surface area contributed by atoms with Gasteiger partial charge in [-0.1, -0.05) is 0 Å². The number of anilines is 1. The summed E-state index contributed by atoms with van der Waals surface area (Å²) >= 11 is 0. The molecule has 1 saturated heterocycles. The number of aromatic nitrogens is 2.